The predicted octanol–water partition coefficient (Wildman–Crippen LogP) is 4.07. The Balaban J connectivity index is 1.63. The molecule has 0 atom stereocenters. The second kappa shape index (κ2) is 7.15. The number of aromatic amines is 1. The van der Waals surface area contributed by atoms with E-state index in [4.69, 9.17) is 4.42 Å². The number of anilines is 1. The van der Waals surface area contributed by atoms with Crippen molar-refractivity contribution in [1.29, 1.82) is 0 Å². The Bertz CT molecular complexity index is 1090. The summed E-state index contributed by atoms with van der Waals surface area (Å²) >= 11 is 0. The topological polar surface area (TPSA) is 102 Å². The fraction of sp³-hybridized carbons (Fsp3) is 0.200. The molecule has 4 aromatic heterocycles. The maximum Gasteiger partial charge on any atom is 0.291 e. The Kier molecular flexibility index (Phi) is 4.52. The predicted molar refractivity (Wildman–Crippen MR) is 105 cm³/mol. The number of furan rings is 1. The molecule has 0 aromatic carbocycles. The minimum Gasteiger partial charge on any atom is -0.451 e. The van der Waals surface area contributed by atoms with E-state index in [0.717, 1.165) is 11.1 Å². The molecule has 28 heavy (non-hydrogen) atoms. The molecule has 4 rings (SSSR count). The summed E-state index contributed by atoms with van der Waals surface area (Å²) in [7, 11) is 0. The lowest BCUT2D eigenvalue weighted by atomic mass is 10.2. The number of carbonyl (C=O) groups is 1. The first kappa shape index (κ1) is 17.7. The lowest BCUT2D eigenvalue weighted by Crippen LogP contribution is -2.11. The van der Waals surface area contributed by atoms with E-state index in [9.17, 15) is 4.79 Å². The van der Waals surface area contributed by atoms with Crippen molar-refractivity contribution in [2.24, 2.45) is 0 Å². The van der Waals surface area contributed by atoms with Crippen LogP contribution in [-0.2, 0) is 0 Å². The number of pyridine rings is 1. The third kappa shape index (κ3) is 3.44. The third-order valence-corrected chi connectivity index (χ3v) is 4.28. The summed E-state index contributed by atoms with van der Waals surface area (Å²) in [5.74, 6) is 0.417. The quantitative estimate of drug-likeness (QED) is 0.547. The zero-order valence-electron chi connectivity index (χ0n) is 15.8. The lowest BCUT2D eigenvalue weighted by molar-refractivity contribution is 0.0997. The lowest BCUT2D eigenvalue weighted by Gasteiger charge is -2.03. The first-order valence-electron chi connectivity index (χ1n) is 8.94. The standard InChI is InChI=1S/C20H20N6O2/c1-12(2)26-11-16(19(25-26)15-5-4-13(3)8-21-15)24-20(27)18-7-6-17(28-18)14-9-22-23-10-14/h4-12H,1-3H3,(H,22,23)(H,24,27). The number of hydrogen-bond donors (Lipinski definition) is 2. The van der Waals surface area contributed by atoms with Gasteiger partial charge in [0.25, 0.3) is 5.91 Å². The highest BCUT2D eigenvalue weighted by atomic mass is 16.3. The van der Waals surface area contributed by atoms with Crippen molar-refractivity contribution in [2.75, 3.05) is 5.32 Å². The van der Waals surface area contributed by atoms with E-state index >= 15 is 0 Å². The molecule has 0 aliphatic carbocycles. The van der Waals surface area contributed by atoms with Crippen molar-refractivity contribution in [3.8, 4) is 22.7 Å². The van der Waals surface area contributed by atoms with Gasteiger partial charge in [-0.3, -0.25) is 19.6 Å². The molecule has 4 heterocycles. The molecule has 0 unspecified atom stereocenters. The van der Waals surface area contributed by atoms with Gasteiger partial charge in [-0.2, -0.15) is 10.2 Å². The van der Waals surface area contributed by atoms with Gasteiger partial charge in [0.2, 0.25) is 0 Å². The first-order valence-corrected chi connectivity index (χ1v) is 8.94. The number of aromatic nitrogens is 5. The summed E-state index contributed by atoms with van der Waals surface area (Å²) in [5, 5.41) is 14.1. The average molecular weight is 376 g/mol. The molecule has 0 saturated carbocycles. The van der Waals surface area contributed by atoms with Crippen LogP contribution in [0.5, 0.6) is 0 Å². The van der Waals surface area contributed by atoms with Gasteiger partial charge in [0, 0.05) is 24.6 Å². The minimum absolute atomic E-state index is 0.145. The van der Waals surface area contributed by atoms with Gasteiger partial charge < -0.3 is 9.73 Å². The molecule has 2 N–H and O–H groups in total. The molecular weight excluding hydrogens is 356 g/mol. The van der Waals surface area contributed by atoms with Crippen molar-refractivity contribution in [1.82, 2.24) is 25.0 Å². The van der Waals surface area contributed by atoms with E-state index in [1.807, 2.05) is 32.9 Å². The molecule has 4 aromatic rings. The van der Waals surface area contributed by atoms with Gasteiger partial charge in [-0.15, -0.1) is 0 Å². The van der Waals surface area contributed by atoms with E-state index in [0.29, 0.717) is 22.8 Å². The fourth-order valence-corrected chi connectivity index (χ4v) is 2.73. The summed E-state index contributed by atoms with van der Waals surface area (Å²) in [6, 6.07) is 7.37. The summed E-state index contributed by atoms with van der Waals surface area (Å²) < 4.78 is 7.46. The van der Waals surface area contributed by atoms with Crippen LogP contribution in [0.2, 0.25) is 0 Å². The normalized spacial score (nSPS) is 11.1. The van der Waals surface area contributed by atoms with E-state index in [-0.39, 0.29) is 17.7 Å². The molecule has 0 aliphatic rings. The van der Waals surface area contributed by atoms with Gasteiger partial charge in [0.15, 0.2) is 5.76 Å². The smallest absolute Gasteiger partial charge is 0.291 e. The van der Waals surface area contributed by atoms with E-state index in [2.05, 4.69) is 25.6 Å². The number of nitrogens with one attached hydrogen (secondary N) is 2. The highest BCUT2D eigenvalue weighted by molar-refractivity contribution is 6.04. The van der Waals surface area contributed by atoms with Crippen molar-refractivity contribution in [3.05, 3.63) is 60.4 Å². The summed E-state index contributed by atoms with van der Waals surface area (Å²) in [6.45, 7) is 6.02. The fourth-order valence-electron chi connectivity index (χ4n) is 2.73. The van der Waals surface area contributed by atoms with Crippen molar-refractivity contribution in [3.63, 3.8) is 0 Å². The SMILES string of the molecule is Cc1ccc(-c2nn(C(C)C)cc2NC(=O)c2ccc(-c3cn[nH]c3)o2)nc1. The van der Waals surface area contributed by atoms with Crippen LogP contribution in [0.3, 0.4) is 0 Å². The zero-order valence-corrected chi connectivity index (χ0v) is 15.8. The molecule has 0 aliphatic heterocycles. The molecular formula is C20H20N6O2. The van der Waals surface area contributed by atoms with Gasteiger partial charge in [0.1, 0.15) is 11.5 Å². The van der Waals surface area contributed by atoms with Gasteiger partial charge in [0.05, 0.1) is 23.1 Å². The second-order valence-electron chi connectivity index (χ2n) is 6.79. The largest absolute Gasteiger partial charge is 0.451 e. The van der Waals surface area contributed by atoms with Gasteiger partial charge in [-0.1, -0.05) is 6.07 Å². The van der Waals surface area contributed by atoms with Crippen LogP contribution >= 0.6 is 0 Å². The van der Waals surface area contributed by atoms with Gasteiger partial charge in [-0.25, -0.2) is 0 Å². The molecule has 0 spiro atoms. The highest BCUT2D eigenvalue weighted by Gasteiger charge is 2.19. The molecule has 0 fully saturated rings. The molecule has 0 radical (unpaired) electrons. The maximum atomic E-state index is 12.7. The number of H-pyrrole nitrogens is 1. The number of carbonyl (C=O) groups excluding carboxylic acids is 1. The monoisotopic (exact) mass is 376 g/mol. The van der Waals surface area contributed by atoms with E-state index < -0.39 is 0 Å². The van der Waals surface area contributed by atoms with Crippen LogP contribution in [0, 0.1) is 6.92 Å². The van der Waals surface area contributed by atoms with Crippen molar-refractivity contribution >= 4 is 11.6 Å². The first-order chi connectivity index (χ1) is 13.5. The molecule has 0 saturated heterocycles. The average Bonchev–Trinajstić information content (AvgIpc) is 3.42. The Morgan fingerprint density at radius 3 is 2.75 bits per heavy atom. The number of rotatable bonds is 5. The van der Waals surface area contributed by atoms with Gasteiger partial charge >= 0.3 is 0 Å². The summed E-state index contributed by atoms with van der Waals surface area (Å²) in [5.41, 5.74) is 3.72. The third-order valence-electron chi connectivity index (χ3n) is 4.28. The number of nitrogens with zero attached hydrogens (tertiary/aromatic N) is 4. The highest BCUT2D eigenvalue weighted by Crippen LogP contribution is 2.28. The number of aryl methyl sites for hydroxylation is 1. The Morgan fingerprint density at radius 2 is 2.07 bits per heavy atom. The molecule has 8 nitrogen and oxygen atoms in total. The zero-order chi connectivity index (χ0) is 19.7. The summed E-state index contributed by atoms with van der Waals surface area (Å²) in [4.78, 5) is 17.2. The van der Waals surface area contributed by atoms with Crippen LogP contribution in [0.15, 0.2) is 53.5 Å². The summed E-state index contributed by atoms with van der Waals surface area (Å²) in [6.07, 6.45) is 6.92. The molecule has 142 valence electrons. The van der Waals surface area contributed by atoms with Crippen molar-refractivity contribution in [2.45, 2.75) is 26.8 Å². The molecule has 8 heteroatoms. The maximum absolute atomic E-state index is 12.7. The van der Waals surface area contributed by atoms with Gasteiger partial charge in [-0.05, 0) is 44.5 Å². The molecule has 0 bridgehead atoms. The minimum atomic E-state index is -0.355. The van der Waals surface area contributed by atoms with Crippen LogP contribution in [0.25, 0.3) is 22.7 Å². The number of hydrogen-bond acceptors (Lipinski definition) is 5. The number of amides is 1. The van der Waals surface area contributed by atoms with Crippen LogP contribution in [0.1, 0.15) is 36.0 Å². The Morgan fingerprint density at radius 1 is 1.21 bits per heavy atom. The van der Waals surface area contributed by atoms with E-state index in [1.165, 1.54) is 0 Å². The van der Waals surface area contributed by atoms with Crippen LogP contribution in [0.4, 0.5) is 5.69 Å². The Hall–Kier alpha value is -3.68. The molecule has 1 amide bonds. The Labute approximate surface area is 161 Å². The van der Waals surface area contributed by atoms with Crippen LogP contribution in [-0.4, -0.2) is 30.9 Å². The van der Waals surface area contributed by atoms with E-state index in [1.54, 1.807) is 41.6 Å². The van der Waals surface area contributed by atoms with Crippen LogP contribution < -0.4 is 5.32 Å². The van der Waals surface area contributed by atoms with Crippen molar-refractivity contribution < 1.29 is 9.21 Å². The second-order valence-corrected chi connectivity index (χ2v) is 6.79.